The Balaban J connectivity index is 2.26. The zero-order valence-corrected chi connectivity index (χ0v) is 15.1. The summed E-state index contributed by atoms with van der Waals surface area (Å²) in [7, 11) is 2.96. The van der Waals surface area contributed by atoms with Crippen LogP contribution >= 0.6 is 15.9 Å². The van der Waals surface area contributed by atoms with Crippen LogP contribution in [-0.4, -0.2) is 25.2 Å². The smallest absolute Gasteiger partial charge is 0.266 e. The van der Waals surface area contributed by atoms with Crippen molar-refractivity contribution < 1.29 is 19.4 Å². The Hall–Kier alpha value is -2.98. The summed E-state index contributed by atoms with van der Waals surface area (Å²) in [6, 6.07) is 11.7. The summed E-state index contributed by atoms with van der Waals surface area (Å²) in [5, 5.41) is 21.7. The van der Waals surface area contributed by atoms with E-state index in [1.165, 1.54) is 19.3 Å². The molecule has 0 fully saturated rings. The molecule has 0 unspecified atom stereocenters. The van der Waals surface area contributed by atoms with Crippen LogP contribution in [0.1, 0.15) is 5.56 Å². The fourth-order valence-corrected chi connectivity index (χ4v) is 2.48. The summed E-state index contributed by atoms with van der Waals surface area (Å²) in [5.74, 6) is 0.292. The molecule has 0 aliphatic heterocycles. The van der Waals surface area contributed by atoms with Gasteiger partial charge in [0.25, 0.3) is 5.91 Å². The lowest BCUT2D eigenvalue weighted by Crippen LogP contribution is -2.13. The topological polar surface area (TPSA) is 91.6 Å². The van der Waals surface area contributed by atoms with E-state index in [0.29, 0.717) is 21.5 Å². The number of ether oxygens (including phenoxy) is 2. The Labute approximate surface area is 153 Å². The molecule has 2 rings (SSSR count). The maximum absolute atomic E-state index is 12.3. The molecule has 6 nitrogen and oxygen atoms in total. The Bertz CT molecular complexity index is 855. The van der Waals surface area contributed by atoms with Gasteiger partial charge in [0.2, 0.25) is 0 Å². The summed E-state index contributed by atoms with van der Waals surface area (Å²) in [6.45, 7) is 0. The number of nitrogens with one attached hydrogen (secondary N) is 1. The number of anilines is 1. The van der Waals surface area contributed by atoms with Crippen LogP contribution in [0.15, 0.2) is 46.4 Å². The molecule has 0 atom stereocenters. The lowest BCUT2D eigenvalue weighted by atomic mass is 10.1. The number of carbonyl (C=O) groups excluding carboxylic acids is 1. The summed E-state index contributed by atoms with van der Waals surface area (Å²) in [4.78, 5) is 12.3. The molecule has 0 radical (unpaired) electrons. The second kappa shape index (κ2) is 8.22. The molecule has 0 aliphatic rings. The number of carbonyl (C=O) groups is 1. The maximum Gasteiger partial charge on any atom is 0.266 e. The number of phenols is 1. The van der Waals surface area contributed by atoms with E-state index in [2.05, 4.69) is 21.2 Å². The van der Waals surface area contributed by atoms with Gasteiger partial charge in [0.05, 0.1) is 18.7 Å². The number of aromatic hydroxyl groups is 1. The molecule has 2 aromatic rings. The number of hydrogen-bond donors (Lipinski definition) is 2. The molecule has 0 heterocycles. The van der Waals surface area contributed by atoms with E-state index < -0.39 is 5.91 Å². The minimum atomic E-state index is -0.546. The average molecular weight is 403 g/mol. The van der Waals surface area contributed by atoms with Crippen molar-refractivity contribution in [2.24, 2.45) is 0 Å². The predicted molar refractivity (Wildman–Crippen MR) is 97.6 cm³/mol. The van der Waals surface area contributed by atoms with Gasteiger partial charge in [0.15, 0.2) is 11.5 Å². The third-order valence-electron chi connectivity index (χ3n) is 3.29. The number of nitriles is 1. The quantitative estimate of drug-likeness (QED) is 0.587. The molecule has 0 saturated heterocycles. The Kier molecular flexibility index (Phi) is 6.03. The van der Waals surface area contributed by atoms with Gasteiger partial charge in [-0.3, -0.25) is 4.79 Å². The van der Waals surface area contributed by atoms with Crippen LogP contribution in [0.3, 0.4) is 0 Å². The van der Waals surface area contributed by atoms with Gasteiger partial charge in [0, 0.05) is 5.69 Å². The van der Waals surface area contributed by atoms with E-state index in [4.69, 9.17) is 9.47 Å². The first-order chi connectivity index (χ1) is 12.0. The lowest BCUT2D eigenvalue weighted by molar-refractivity contribution is -0.112. The number of hydrogen-bond acceptors (Lipinski definition) is 5. The van der Waals surface area contributed by atoms with E-state index in [1.807, 2.05) is 6.07 Å². The van der Waals surface area contributed by atoms with Crippen LogP contribution in [0.4, 0.5) is 5.69 Å². The van der Waals surface area contributed by atoms with Gasteiger partial charge < -0.3 is 19.9 Å². The van der Waals surface area contributed by atoms with E-state index in [9.17, 15) is 15.2 Å². The third-order valence-corrected chi connectivity index (χ3v) is 3.90. The van der Waals surface area contributed by atoms with Gasteiger partial charge in [-0.1, -0.05) is 0 Å². The van der Waals surface area contributed by atoms with Crippen molar-refractivity contribution in [2.75, 3.05) is 19.5 Å². The van der Waals surface area contributed by atoms with Crippen molar-refractivity contribution in [1.29, 1.82) is 5.26 Å². The number of amides is 1. The molecule has 7 heteroatoms. The largest absolute Gasteiger partial charge is 0.503 e. The van der Waals surface area contributed by atoms with Crippen molar-refractivity contribution in [2.45, 2.75) is 0 Å². The molecule has 0 saturated carbocycles. The number of benzene rings is 2. The lowest BCUT2D eigenvalue weighted by Gasteiger charge is -2.08. The Morgan fingerprint density at radius 2 is 1.92 bits per heavy atom. The highest BCUT2D eigenvalue weighted by Crippen LogP contribution is 2.35. The molecule has 0 aliphatic carbocycles. The van der Waals surface area contributed by atoms with Crippen LogP contribution in [0.5, 0.6) is 17.2 Å². The van der Waals surface area contributed by atoms with Gasteiger partial charge in [-0.05, 0) is 64.0 Å². The minimum Gasteiger partial charge on any atom is -0.503 e. The van der Waals surface area contributed by atoms with Crippen LogP contribution in [-0.2, 0) is 4.79 Å². The molecule has 0 bridgehead atoms. The van der Waals surface area contributed by atoms with Gasteiger partial charge in [-0.25, -0.2) is 0 Å². The SMILES string of the molecule is COc1ccc(NC(=O)/C(C#N)=C\c2cc(Br)c(O)c(OC)c2)cc1. The molecule has 0 aromatic heterocycles. The summed E-state index contributed by atoms with van der Waals surface area (Å²) in [6.07, 6.45) is 1.41. The maximum atomic E-state index is 12.3. The third kappa shape index (κ3) is 4.52. The molecular weight excluding hydrogens is 388 g/mol. The standard InChI is InChI=1S/C18H15BrN2O4/c1-24-14-5-3-13(4-6-14)21-18(23)12(10-20)7-11-8-15(19)17(22)16(9-11)25-2/h3-9,22H,1-2H3,(H,21,23)/b12-7-. The fraction of sp³-hybridized carbons (Fsp3) is 0.111. The van der Waals surface area contributed by atoms with Gasteiger partial charge in [-0.15, -0.1) is 0 Å². The van der Waals surface area contributed by atoms with Crippen molar-refractivity contribution in [1.82, 2.24) is 0 Å². The number of rotatable bonds is 5. The van der Waals surface area contributed by atoms with E-state index in [0.717, 1.165) is 0 Å². The van der Waals surface area contributed by atoms with Crippen LogP contribution in [0.25, 0.3) is 6.08 Å². The summed E-state index contributed by atoms with van der Waals surface area (Å²) in [5.41, 5.74) is 0.981. The molecule has 128 valence electrons. The minimum absolute atomic E-state index is 0.0548. The summed E-state index contributed by atoms with van der Waals surface area (Å²) >= 11 is 3.20. The zero-order chi connectivity index (χ0) is 18.4. The highest BCUT2D eigenvalue weighted by molar-refractivity contribution is 9.10. The zero-order valence-electron chi connectivity index (χ0n) is 13.5. The first kappa shape index (κ1) is 18.4. The molecular formula is C18H15BrN2O4. The highest BCUT2D eigenvalue weighted by atomic mass is 79.9. The van der Waals surface area contributed by atoms with E-state index in [1.54, 1.807) is 37.4 Å². The molecule has 25 heavy (non-hydrogen) atoms. The molecule has 2 N–H and O–H groups in total. The second-order valence-electron chi connectivity index (χ2n) is 4.91. The van der Waals surface area contributed by atoms with Crippen LogP contribution in [0, 0.1) is 11.3 Å². The van der Waals surface area contributed by atoms with Crippen LogP contribution in [0.2, 0.25) is 0 Å². The van der Waals surface area contributed by atoms with Gasteiger partial charge >= 0.3 is 0 Å². The van der Waals surface area contributed by atoms with Crippen molar-refractivity contribution in [3.05, 3.63) is 52.0 Å². The second-order valence-corrected chi connectivity index (χ2v) is 5.76. The normalized spacial score (nSPS) is 10.7. The number of halogens is 1. The van der Waals surface area contributed by atoms with Crippen molar-refractivity contribution in [3.63, 3.8) is 0 Å². The predicted octanol–water partition coefficient (Wildman–Crippen LogP) is 3.72. The van der Waals surface area contributed by atoms with Crippen molar-refractivity contribution in [3.8, 4) is 23.3 Å². The first-order valence-electron chi connectivity index (χ1n) is 7.12. The van der Waals surface area contributed by atoms with E-state index >= 15 is 0 Å². The molecule has 0 spiro atoms. The first-order valence-corrected chi connectivity index (χ1v) is 7.91. The fourth-order valence-electron chi connectivity index (χ4n) is 2.02. The molecule has 2 aromatic carbocycles. The summed E-state index contributed by atoms with van der Waals surface area (Å²) < 4.78 is 10.5. The Morgan fingerprint density at radius 1 is 1.24 bits per heavy atom. The van der Waals surface area contributed by atoms with Crippen molar-refractivity contribution >= 4 is 33.6 Å². The van der Waals surface area contributed by atoms with E-state index in [-0.39, 0.29) is 17.1 Å². The number of phenolic OH excluding ortho intramolecular Hbond substituents is 1. The van der Waals surface area contributed by atoms with Crippen LogP contribution < -0.4 is 14.8 Å². The monoisotopic (exact) mass is 402 g/mol. The Morgan fingerprint density at radius 3 is 2.48 bits per heavy atom. The number of methoxy groups -OCH3 is 2. The molecule has 1 amide bonds. The highest BCUT2D eigenvalue weighted by Gasteiger charge is 2.12. The van der Waals surface area contributed by atoms with Gasteiger partial charge in [-0.2, -0.15) is 5.26 Å². The number of nitrogens with zero attached hydrogens (tertiary/aromatic N) is 1. The average Bonchev–Trinajstić information content (AvgIpc) is 2.62. The van der Waals surface area contributed by atoms with Gasteiger partial charge in [0.1, 0.15) is 17.4 Å².